The Morgan fingerprint density at radius 3 is 2.14 bits per heavy atom. The molecule has 3 nitrogen and oxygen atoms in total. The summed E-state index contributed by atoms with van der Waals surface area (Å²) >= 11 is 1.48. The first kappa shape index (κ1) is 20.5. The smallest absolute Gasteiger partial charge is 0.387 e. The zero-order chi connectivity index (χ0) is 20.7. The predicted octanol–water partition coefficient (Wildman–Crippen LogP) is 5.64. The molecule has 0 radical (unpaired) electrons. The van der Waals surface area contributed by atoms with Crippen LogP contribution < -0.4 is 5.73 Å². The average Bonchev–Trinajstić information content (AvgIpc) is 3.19. The number of rotatable bonds is 4. The van der Waals surface area contributed by atoms with Gasteiger partial charge in [0.05, 0.1) is 17.7 Å². The predicted molar refractivity (Wildman–Crippen MR) is 91.8 cm³/mol. The molecule has 2 aromatic rings. The fraction of sp³-hybridized carbons (Fsp3) is 0.333. The summed E-state index contributed by atoms with van der Waals surface area (Å²) in [5.41, 5.74) is 2.78. The number of nitrogens with two attached hydrogens (primary N) is 1. The summed E-state index contributed by atoms with van der Waals surface area (Å²) in [5, 5.41) is 1.27. The molecule has 1 aliphatic heterocycles. The van der Waals surface area contributed by atoms with Crippen LogP contribution in [-0.2, 0) is 30.2 Å². The van der Waals surface area contributed by atoms with Gasteiger partial charge in [-0.3, -0.25) is 0 Å². The number of thiophene rings is 1. The molecule has 1 unspecified atom stereocenters. The van der Waals surface area contributed by atoms with Gasteiger partial charge in [-0.1, -0.05) is 6.92 Å². The number of benzene rings is 1. The summed E-state index contributed by atoms with van der Waals surface area (Å²) in [6, 6.07) is 4.74. The van der Waals surface area contributed by atoms with Gasteiger partial charge in [0.15, 0.2) is 0 Å². The fourth-order valence-electron chi connectivity index (χ4n) is 2.85. The van der Waals surface area contributed by atoms with Gasteiger partial charge in [0.2, 0.25) is 5.88 Å². The van der Waals surface area contributed by atoms with Crippen LogP contribution in [0, 0.1) is 0 Å². The lowest BCUT2D eigenvalue weighted by molar-refractivity contribution is -0.144. The summed E-state index contributed by atoms with van der Waals surface area (Å²) in [6.07, 6.45) is -7.42. The van der Waals surface area contributed by atoms with Gasteiger partial charge in [-0.05, 0) is 42.3 Å². The molecule has 1 aliphatic rings. The molecule has 28 heavy (non-hydrogen) atoms. The van der Waals surface area contributed by atoms with E-state index in [1.807, 2.05) is 19.1 Å². The Kier molecular flexibility index (Phi) is 5.37. The maximum absolute atomic E-state index is 13.1. The van der Waals surface area contributed by atoms with E-state index in [-0.39, 0.29) is 24.1 Å². The monoisotopic (exact) mass is 422 g/mol. The average molecular weight is 422 g/mol. The Hall–Kier alpha value is -2.20. The molecule has 0 amide bonds. The van der Waals surface area contributed by atoms with Crippen molar-refractivity contribution in [3.8, 4) is 0 Å². The van der Waals surface area contributed by atoms with Gasteiger partial charge < -0.3 is 10.6 Å². The van der Waals surface area contributed by atoms with Crippen molar-refractivity contribution < 1.29 is 31.2 Å². The number of nitrogens with zero attached hydrogens (tertiary/aromatic N) is 1. The van der Waals surface area contributed by atoms with Crippen molar-refractivity contribution in [2.75, 3.05) is 0 Å². The third kappa shape index (κ3) is 4.44. The van der Waals surface area contributed by atoms with Crippen LogP contribution >= 0.6 is 11.3 Å². The lowest BCUT2D eigenvalue weighted by Gasteiger charge is -2.23. The van der Waals surface area contributed by atoms with E-state index in [4.69, 9.17) is 10.6 Å². The molecule has 1 aromatic heterocycles. The Bertz CT molecular complexity index is 855. The number of halogens is 6. The Morgan fingerprint density at radius 2 is 1.64 bits per heavy atom. The van der Waals surface area contributed by atoms with Crippen LogP contribution in [0.15, 0.2) is 42.3 Å². The number of alkyl halides is 6. The van der Waals surface area contributed by atoms with E-state index in [0.29, 0.717) is 12.1 Å². The standard InChI is InChI=1S/C18H16F6N2OS/c1-2-13-3-4-15(28-13)14-8-16(25)27-26(14)9-10-5-11(17(19,20)21)7-12(6-10)18(22,23)24/h3-8,14H,2,9,25H2,1H3. The zero-order valence-electron chi connectivity index (χ0n) is 14.6. The topological polar surface area (TPSA) is 38.5 Å². The molecule has 0 spiro atoms. The molecule has 1 aromatic carbocycles. The van der Waals surface area contributed by atoms with E-state index in [1.165, 1.54) is 16.4 Å². The minimum atomic E-state index is -4.90. The maximum Gasteiger partial charge on any atom is 0.416 e. The zero-order valence-corrected chi connectivity index (χ0v) is 15.4. The molecule has 152 valence electrons. The van der Waals surface area contributed by atoms with E-state index < -0.39 is 29.5 Å². The van der Waals surface area contributed by atoms with Crippen molar-refractivity contribution in [3.05, 3.63) is 68.7 Å². The van der Waals surface area contributed by atoms with E-state index in [0.717, 1.165) is 16.2 Å². The molecule has 1 atom stereocenters. The third-order valence-electron chi connectivity index (χ3n) is 4.16. The highest BCUT2D eigenvalue weighted by Gasteiger charge is 2.37. The lowest BCUT2D eigenvalue weighted by atomic mass is 10.0. The first-order valence-electron chi connectivity index (χ1n) is 8.26. The molecule has 0 fully saturated rings. The largest absolute Gasteiger partial charge is 0.416 e. The van der Waals surface area contributed by atoms with Gasteiger partial charge in [-0.2, -0.15) is 26.3 Å². The van der Waals surface area contributed by atoms with E-state index in [2.05, 4.69) is 0 Å². The summed E-state index contributed by atoms with van der Waals surface area (Å²) in [6.45, 7) is 1.68. The van der Waals surface area contributed by atoms with Gasteiger partial charge in [0.1, 0.15) is 6.04 Å². The third-order valence-corrected chi connectivity index (χ3v) is 5.46. The molecule has 0 aliphatic carbocycles. The molecule has 3 rings (SSSR count). The maximum atomic E-state index is 13.1. The molecule has 0 saturated carbocycles. The van der Waals surface area contributed by atoms with Gasteiger partial charge in [0, 0.05) is 15.8 Å². The van der Waals surface area contributed by atoms with Crippen molar-refractivity contribution >= 4 is 11.3 Å². The van der Waals surface area contributed by atoms with Crippen LogP contribution in [0.2, 0.25) is 0 Å². The first-order valence-corrected chi connectivity index (χ1v) is 9.08. The highest BCUT2D eigenvalue weighted by molar-refractivity contribution is 7.12. The van der Waals surface area contributed by atoms with Gasteiger partial charge >= 0.3 is 12.4 Å². The summed E-state index contributed by atoms with van der Waals surface area (Å²) in [4.78, 5) is 7.27. The second kappa shape index (κ2) is 7.32. The van der Waals surface area contributed by atoms with Crippen LogP contribution in [0.25, 0.3) is 0 Å². The van der Waals surface area contributed by atoms with Crippen molar-refractivity contribution in [1.82, 2.24) is 5.06 Å². The SMILES string of the molecule is CCc1ccc(C2C=C(N)ON2Cc2cc(C(F)(F)F)cc(C(F)(F)F)c2)s1. The van der Waals surface area contributed by atoms with Crippen LogP contribution in [0.3, 0.4) is 0 Å². The Balaban J connectivity index is 1.93. The quantitative estimate of drug-likeness (QED) is 0.649. The van der Waals surface area contributed by atoms with Crippen molar-refractivity contribution in [1.29, 1.82) is 0 Å². The lowest BCUT2D eigenvalue weighted by Crippen LogP contribution is -2.23. The first-order chi connectivity index (χ1) is 13.0. The molecule has 2 N–H and O–H groups in total. The van der Waals surface area contributed by atoms with Gasteiger partial charge in [-0.15, -0.1) is 16.4 Å². The van der Waals surface area contributed by atoms with Gasteiger partial charge in [-0.25, -0.2) is 0 Å². The van der Waals surface area contributed by atoms with Crippen LogP contribution in [0.5, 0.6) is 0 Å². The minimum Gasteiger partial charge on any atom is -0.387 e. The Labute approximate surface area is 161 Å². The summed E-state index contributed by atoms with van der Waals surface area (Å²) in [5.74, 6) is 0.0412. The second-order valence-corrected chi connectivity index (χ2v) is 7.45. The summed E-state index contributed by atoms with van der Waals surface area (Å²) < 4.78 is 78.3. The van der Waals surface area contributed by atoms with Crippen LogP contribution in [0.1, 0.15) is 39.4 Å². The fourth-order valence-corrected chi connectivity index (χ4v) is 3.88. The molecular formula is C18H16F6N2OS. The molecule has 10 heteroatoms. The summed E-state index contributed by atoms with van der Waals surface area (Å²) in [7, 11) is 0. The van der Waals surface area contributed by atoms with Crippen molar-refractivity contribution in [2.45, 2.75) is 38.3 Å². The highest BCUT2D eigenvalue weighted by atomic mass is 32.1. The highest BCUT2D eigenvalue weighted by Crippen LogP contribution is 2.39. The Morgan fingerprint density at radius 1 is 1.04 bits per heavy atom. The normalized spacial score (nSPS) is 18.2. The van der Waals surface area contributed by atoms with Crippen LogP contribution in [-0.4, -0.2) is 5.06 Å². The minimum absolute atomic E-state index is 0.0412. The van der Waals surface area contributed by atoms with Crippen molar-refractivity contribution in [3.63, 3.8) is 0 Å². The van der Waals surface area contributed by atoms with E-state index >= 15 is 0 Å². The molecule has 0 saturated heterocycles. The molecule has 2 heterocycles. The number of hydroxylamine groups is 2. The number of hydrogen-bond acceptors (Lipinski definition) is 4. The van der Waals surface area contributed by atoms with E-state index in [9.17, 15) is 26.3 Å². The second-order valence-electron chi connectivity index (χ2n) is 6.25. The number of hydrogen-bond donors (Lipinski definition) is 1. The van der Waals surface area contributed by atoms with Gasteiger partial charge in [0.25, 0.3) is 0 Å². The van der Waals surface area contributed by atoms with Crippen molar-refractivity contribution in [2.24, 2.45) is 5.73 Å². The number of aryl methyl sites for hydroxylation is 1. The molecule has 0 bridgehead atoms. The van der Waals surface area contributed by atoms with Crippen LogP contribution in [0.4, 0.5) is 26.3 Å². The molecular weight excluding hydrogens is 406 g/mol. The van der Waals surface area contributed by atoms with E-state index in [1.54, 1.807) is 6.08 Å².